The van der Waals surface area contributed by atoms with Crippen LogP contribution in [0.4, 0.5) is 0 Å². The van der Waals surface area contributed by atoms with E-state index in [4.69, 9.17) is 0 Å². The Balaban J connectivity index is 1.83. The predicted octanol–water partition coefficient (Wildman–Crippen LogP) is 1.79. The zero-order chi connectivity index (χ0) is 9.47. The maximum absolute atomic E-state index is 2.59. The minimum absolute atomic E-state index is 0.714. The third-order valence-corrected chi connectivity index (χ3v) is 4.42. The number of nitrogens with zero attached hydrogens (tertiary/aromatic N) is 2. The Morgan fingerprint density at radius 1 is 1.23 bits per heavy atom. The van der Waals surface area contributed by atoms with E-state index >= 15 is 0 Å². The first-order valence-corrected chi connectivity index (χ1v) is 6.43. The lowest BCUT2D eigenvalue weighted by Crippen LogP contribution is -2.61. The summed E-state index contributed by atoms with van der Waals surface area (Å²) in [6.07, 6.45) is 2.84. The van der Waals surface area contributed by atoms with Gasteiger partial charge in [-0.15, -0.1) is 0 Å². The van der Waals surface area contributed by atoms with Crippen molar-refractivity contribution < 1.29 is 0 Å². The first kappa shape index (κ1) is 10.2. The van der Waals surface area contributed by atoms with Crippen LogP contribution in [0, 0.1) is 5.41 Å². The van der Waals surface area contributed by atoms with E-state index in [1.54, 1.807) is 0 Å². The Hall–Kier alpha value is 0.650. The van der Waals surface area contributed by atoms with Crippen LogP contribution in [0.1, 0.15) is 19.8 Å². The van der Waals surface area contributed by atoms with Crippen LogP contribution in [0.2, 0.25) is 0 Å². The molecule has 13 heavy (non-hydrogen) atoms. The summed E-state index contributed by atoms with van der Waals surface area (Å²) in [6, 6.07) is 0. The normalized spacial score (nSPS) is 31.6. The van der Waals surface area contributed by atoms with Crippen LogP contribution >= 0.6 is 22.6 Å². The molecule has 0 amide bonds. The van der Waals surface area contributed by atoms with Gasteiger partial charge in [-0.25, -0.2) is 0 Å². The van der Waals surface area contributed by atoms with Crippen LogP contribution in [0.5, 0.6) is 0 Å². The van der Waals surface area contributed by atoms with Gasteiger partial charge in [0.25, 0.3) is 0 Å². The molecular weight excluding hydrogens is 275 g/mol. The van der Waals surface area contributed by atoms with E-state index in [0.717, 1.165) is 4.05 Å². The Labute approximate surface area is 94.8 Å². The fraction of sp³-hybridized carbons (Fsp3) is 1.00. The molecule has 1 spiro atoms. The van der Waals surface area contributed by atoms with E-state index in [9.17, 15) is 0 Å². The van der Waals surface area contributed by atoms with E-state index in [1.165, 1.54) is 39.0 Å². The summed E-state index contributed by atoms with van der Waals surface area (Å²) in [5.74, 6) is 0. The van der Waals surface area contributed by atoms with Crippen molar-refractivity contribution in [3.05, 3.63) is 0 Å². The largest absolute Gasteiger partial charge is 0.306 e. The molecule has 2 saturated heterocycles. The first-order chi connectivity index (χ1) is 6.11. The lowest BCUT2D eigenvalue weighted by Gasteiger charge is -2.55. The topological polar surface area (TPSA) is 6.48 Å². The second-order valence-corrected chi connectivity index (χ2v) is 6.58. The van der Waals surface area contributed by atoms with Crippen molar-refractivity contribution in [1.29, 1.82) is 0 Å². The molecule has 2 nitrogen and oxygen atoms in total. The number of piperidine rings is 1. The number of likely N-dealkylation sites (tertiary alicyclic amines) is 2. The van der Waals surface area contributed by atoms with Crippen LogP contribution in [0.15, 0.2) is 0 Å². The molecule has 0 aromatic heterocycles. The molecule has 2 heterocycles. The highest BCUT2D eigenvalue weighted by Gasteiger charge is 2.45. The molecule has 76 valence electrons. The fourth-order valence-electron chi connectivity index (χ4n) is 2.48. The van der Waals surface area contributed by atoms with Gasteiger partial charge in [-0.2, -0.15) is 0 Å². The summed E-state index contributed by atoms with van der Waals surface area (Å²) in [6.45, 7) is 7.62. The number of halogens is 1. The average molecular weight is 294 g/mol. The van der Waals surface area contributed by atoms with Gasteiger partial charge in [0.15, 0.2) is 0 Å². The Morgan fingerprint density at radius 2 is 1.77 bits per heavy atom. The number of hydrogen-bond acceptors (Lipinski definition) is 2. The van der Waals surface area contributed by atoms with Gasteiger partial charge in [0.05, 0.1) is 4.05 Å². The number of rotatable bonds is 1. The zero-order valence-electron chi connectivity index (χ0n) is 8.59. The molecule has 0 N–H and O–H groups in total. The second-order valence-electron chi connectivity index (χ2n) is 4.78. The predicted molar refractivity (Wildman–Crippen MR) is 64.2 cm³/mol. The standard InChI is InChI=1S/C10H19IN2/c1-9(11)13-7-10(8-13)3-5-12(2)6-4-10/h9H,3-8H2,1-2H3. The molecule has 0 saturated carbocycles. The van der Waals surface area contributed by atoms with Crippen LogP contribution in [0.3, 0.4) is 0 Å². The molecule has 0 aromatic rings. The SMILES string of the molecule is CC(I)N1CC2(CCN(C)CC2)C1. The molecule has 2 fully saturated rings. The summed E-state index contributed by atoms with van der Waals surface area (Å²) in [5, 5.41) is 0. The third-order valence-electron chi connectivity index (χ3n) is 3.63. The molecule has 0 bridgehead atoms. The van der Waals surface area contributed by atoms with Gasteiger partial charge < -0.3 is 4.90 Å². The Kier molecular flexibility index (Phi) is 2.87. The summed E-state index contributed by atoms with van der Waals surface area (Å²) >= 11 is 2.52. The quantitative estimate of drug-likeness (QED) is 0.413. The average Bonchev–Trinajstić information content (AvgIpc) is 2.02. The van der Waals surface area contributed by atoms with Crippen LogP contribution in [-0.4, -0.2) is 47.1 Å². The summed E-state index contributed by atoms with van der Waals surface area (Å²) < 4.78 is 0.725. The van der Waals surface area contributed by atoms with E-state index in [0.29, 0.717) is 5.41 Å². The van der Waals surface area contributed by atoms with Crippen molar-refractivity contribution in [2.45, 2.75) is 23.8 Å². The highest BCUT2D eigenvalue weighted by molar-refractivity contribution is 14.1. The molecule has 0 radical (unpaired) electrons. The molecule has 2 rings (SSSR count). The van der Waals surface area contributed by atoms with Crippen molar-refractivity contribution in [2.24, 2.45) is 5.41 Å². The van der Waals surface area contributed by atoms with Gasteiger partial charge in [0, 0.05) is 13.1 Å². The number of alkyl halides is 1. The van der Waals surface area contributed by atoms with Gasteiger partial charge >= 0.3 is 0 Å². The summed E-state index contributed by atoms with van der Waals surface area (Å²) in [7, 11) is 2.24. The van der Waals surface area contributed by atoms with Crippen molar-refractivity contribution >= 4 is 22.6 Å². The molecule has 2 aliphatic rings. The summed E-state index contributed by atoms with van der Waals surface area (Å²) in [4.78, 5) is 5.05. The maximum Gasteiger partial charge on any atom is 0.0590 e. The van der Waals surface area contributed by atoms with Gasteiger partial charge in [-0.05, 0) is 45.3 Å². The van der Waals surface area contributed by atoms with Crippen molar-refractivity contribution in [3.63, 3.8) is 0 Å². The van der Waals surface area contributed by atoms with Crippen molar-refractivity contribution in [2.75, 3.05) is 33.2 Å². The molecule has 1 atom stereocenters. The van der Waals surface area contributed by atoms with E-state index < -0.39 is 0 Å². The minimum Gasteiger partial charge on any atom is -0.306 e. The zero-order valence-corrected chi connectivity index (χ0v) is 10.7. The highest BCUT2D eigenvalue weighted by Crippen LogP contribution is 2.41. The van der Waals surface area contributed by atoms with Crippen molar-refractivity contribution in [3.8, 4) is 0 Å². The molecule has 1 unspecified atom stereocenters. The monoisotopic (exact) mass is 294 g/mol. The Morgan fingerprint density at radius 3 is 2.23 bits per heavy atom. The fourth-order valence-corrected chi connectivity index (χ4v) is 2.87. The van der Waals surface area contributed by atoms with Gasteiger partial charge in [-0.3, -0.25) is 4.90 Å². The molecule has 0 aromatic carbocycles. The lowest BCUT2D eigenvalue weighted by molar-refractivity contribution is -0.0427. The molecular formula is C10H19IN2. The smallest absolute Gasteiger partial charge is 0.0590 e. The van der Waals surface area contributed by atoms with Gasteiger partial charge in [0.2, 0.25) is 0 Å². The van der Waals surface area contributed by atoms with Crippen LogP contribution in [0.25, 0.3) is 0 Å². The summed E-state index contributed by atoms with van der Waals surface area (Å²) in [5.41, 5.74) is 0.714. The lowest BCUT2D eigenvalue weighted by atomic mass is 9.72. The van der Waals surface area contributed by atoms with E-state index in [2.05, 4.69) is 46.4 Å². The maximum atomic E-state index is 2.59. The van der Waals surface area contributed by atoms with Crippen molar-refractivity contribution in [1.82, 2.24) is 9.80 Å². The molecule has 0 aliphatic carbocycles. The van der Waals surface area contributed by atoms with Crippen LogP contribution in [-0.2, 0) is 0 Å². The third kappa shape index (κ3) is 2.02. The first-order valence-electron chi connectivity index (χ1n) is 5.18. The second kappa shape index (κ2) is 3.66. The Bertz CT molecular complexity index is 177. The van der Waals surface area contributed by atoms with Gasteiger partial charge in [-0.1, -0.05) is 22.6 Å². The minimum atomic E-state index is 0.714. The van der Waals surface area contributed by atoms with Gasteiger partial charge in [0.1, 0.15) is 0 Å². The molecule has 2 aliphatic heterocycles. The van der Waals surface area contributed by atoms with E-state index in [-0.39, 0.29) is 0 Å². The highest BCUT2D eigenvalue weighted by atomic mass is 127. The van der Waals surface area contributed by atoms with E-state index in [1.807, 2.05) is 0 Å². The number of hydrogen-bond donors (Lipinski definition) is 0. The van der Waals surface area contributed by atoms with Crippen LogP contribution < -0.4 is 0 Å². The molecule has 3 heteroatoms.